The van der Waals surface area contributed by atoms with Crippen LogP contribution in [0.25, 0.3) is 0 Å². The van der Waals surface area contributed by atoms with Crippen LogP contribution in [0.5, 0.6) is 0 Å². The van der Waals surface area contributed by atoms with Gasteiger partial charge in [-0.05, 0) is 12.3 Å². The quantitative estimate of drug-likeness (QED) is 0.587. The Labute approximate surface area is 60.0 Å². The second kappa shape index (κ2) is 4.97. The van der Waals surface area contributed by atoms with Crippen LogP contribution >= 0.6 is 0 Å². The standard InChI is InChI=1S/C7H12O3/c1-6(3-2-4-8)5-7(9)10/h4,6H,2-3,5H2,1H3,(H,9,10)/t6-/m0/s1. The summed E-state index contributed by atoms with van der Waals surface area (Å²) < 4.78 is 0. The van der Waals surface area contributed by atoms with Crippen molar-refractivity contribution < 1.29 is 14.7 Å². The van der Waals surface area contributed by atoms with Crippen LogP contribution in [0.2, 0.25) is 0 Å². The zero-order valence-corrected chi connectivity index (χ0v) is 6.04. The molecule has 0 spiro atoms. The van der Waals surface area contributed by atoms with Crippen LogP contribution < -0.4 is 0 Å². The number of rotatable bonds is 5. The maximum atomic E-state index is 10.1. The molecular formula is C7H12O3. The maximum absolute atomic E-state index is 10.1. The second-order valence-corrected chi connectivity index (χ2v) is 2.45. The Morgan fingerprint density at radius 2 is 2.30 bits per heavy atom. The normalized spacial score (nSPS) is 12.5. The van der Waals surface area contributed by atoms with Crippen molar-refractivity contribution in [3.8, 4) is 0 Å². The highest BCUT2D eigenvalue weighted by atomic mass is 16.4. The Hall–Kier alpha value is -0.860. The highest BCUT2D eigenvalue weighted by Gasteiger charge is 2.05. The summed E-state index contributed by atoms with van der Waals surface area (Å²) in [6.45, 7) is 1.83. The molecule has 3 nitrogen and oxygen atoms in total. The first-order chi connectivity index (χ1) is 4.66. The van der Waals surface area contributed by atoms with Crippen molar-refractivity contribution >= 4 is 12.3 Å². The van der Waals surface area contributed by atoms with Gasteiger partial charge in [-0.15, -0.1) is 0 Å². The van der Waals surface area contributed by atoms with Crippen molar-refractivity contribution in [2.45, 2.75) is 26.2 Å². The van der Waals surface area contributed by atoms with E-state index >= 15 is 0 Å². The highest BCUT2D eigenvalue weighted by molar-refractivity contribution is 5.67. The number of hydrogen-bond donors (Lipinski definition) is 1. The molecule has 1 atom stereocenters. The van der Waals surface area contributed by atoms with Gasteiger partial charge in [0.15, 0.2) is 0 Å². The van der Waals surface area contributed by atoms with Crippen molar-refractivity contribution in [1.29, 1.82) is 0 Å². The molecule has 0 bridgehead atoms. The lowest BCUT2D eigenvalue weighted by molar-refractivity contribution is -0.138. The number of aldehydes is 1. The summed E-state index contributed by atoms with van der Waals surface area (Å²) in [5.41, 5.74) is 0. The highest BCUT2D eigenvalue weighted by Crippen LogP contribution is 2.08. The molecule has 0 aromatic heterocycles. The molecule has 58 valence electrons. The summed E-state index contributed by atoms with van der Waals surface area (Å²) in [5.74, 6) is -0.680. The second-order valence-electron chi connectivity index (χ2n) is 2.45. The summed E-state index contributed by atoms with van der Waals surface area (Å²) in [7, 11) is 0. The Morgan fingerprint density at radius 1 is 1.70 bits per heavy atom. The molecular weight excluding hydrogens is 132 g/mol. The minimum atomic E-state index is -0.793. The summed E-state index contributed by atoms with van der Waals surface area (Å²) in [6.07, 6.45) is 2.12. The van der Waals surface area contributed by atoms with Gasteiger partial charge >= 0.3 is 5.97 Å². The Morgan fingerprint density at radius 3 is 2.70 bits per heavy atom. The first-order valence-corrected chi connectivity index (χ1v) is 3.32. The molecule has 0 aromatic carbocycles. The average molecular weight is 144 g/mol. The van der Waals surface area contributed by atoms with Gasteiger partial charge in [0.25, 0.3) is 0 Å². The van der Waals surface area contributed by atoms with Gasteiger partial charge in [-0.2, -0.15) is 0 Å². The molecule has 0 saturated carbocycles. The minimum absolute atomic E-state index is 0.114. The molecule has 0 unspecified atom stereocenters. The third-order valence-electron chi connectivity index (χ3n) is 1.30. The summed E-state index contributed by atoms with van der Waals surface area (Å²) in [5, 5.41) is 8.29. The molecule has 0 heterocycles. The number of aliphatic carboxylic acids is 1. The summed E-state index contributed by atoms with van der Waals surface area (Å²) in [4.78, 5) is 19.9. The molecule has 3 heteroatoms. The SMILES string of the molecule is C[C@@H](CCC=O)CC(=O)O. The molecule has 0 aliphatic heterocycles. The van der Waals surface area contributed by atoms with E-state index in [1.807, 2.05) is 6.92 Å². The largest absolute Gasteiger partial charge is 0.481 e. The predicted molar refractivity (Wildman–Crippen MR) is 36.7 cm³/mol. The van der Waals surface area contributed by atoms with E-state index in [4.69, 9.17) is 5.11 Å². The van der Waals surface area contributed by atoms with Gasteiger partial charge in [-0.25, -0.2) is 0 Å². The van der Waals surface area contributed by atoms with Gasteiger partial charge in [-0.1, -0.05) is 6.92 Å². The summed E-state index contributed by atoms with van der Waals surface area (Å²) in [6, 6.07) is 0. The summed E-state index contributed by atoms with van der Waals surface area (Å²) >= 11 is 0. The topological polar surface area (TPSA) is 54.4 Å². The molecule has 10 heavy (non-hydrogen) atoms. The van der Waals surface area contributed by atoms with Crippen LogP contribution in [0.15, 0.2) is 0 Å². The molecule has 0 aliphatic carbocycles. The molecule has 0 aromatic rings. The van der Waals surface area contributed by atoms with E-state index in [9.17, 15) is 9.59 Å². The van der Waals surface area contributed by atoms with E-state index in [0.717, 1.165) is 6.29 Å². The van der Waals surface area contributed by atoms with Crippen LogP contribution in [-0.4, -0.2) is 17.4 Å². The van der Waals surface area contributed by atoms with Crippen LogP contribution in [0.3, 0.4) is 0 Å². The molecule has 0 radical (unpaired) electrons. The number of carbonyl (C=O) groups is 2. The molecule has 0 amide bonds. The molecule has 0 fully saturated rings. The van der Waals surface area contributed by atoms with Crippen molar-refractivity contribution in [1.82, 2.24) is 0 Å². The zero-order valence-electron chi connectivity index (χ0n) is 6.04. The van der Waals surface area contributed by atoms with E-state index in [-0.39, 0.29) is 12.3 Å². The van der Waals surface area contributed by atoms with Crippen LogP contribution in [0.1, 0.15) is 26.2 Å². The molecule has 0 rings (SSSR count). The predicted octanol–water partition coefficient (Wildman–Crippen LogP) is 1.08. The van der Waals surface area contributed by atoms with Gasteiger partial charge in [-0.3, -0.25) is 4.79 Å². The van der Waals surface area contributed by atoms with E-state index in [1.54, 1.807) is 0 Å². The zero-order chi connectivity index (χ0) is 7.98. The third kappa shape index (κ3) is 5.28. The van der Waals surface area contributed by atoms with Gasteiger partial charge in [0.1, 0.15) is 6.29 Å². The maximum Gasteiger partial charge on any atom is 0.303 e. The van der Waals surface area contributed by atoms with E-state index in [0.29, 0.717) is 12.8 Å². The van der Waals surface area contributed by atoms with Gasteiger partial charge in [0, 0.05) is 12.8 Å². The fourth-order valence-electron chi connectivity index (χ4n) is 0.753. The Balaban J connectivity index is 3.33. The van der Waals surface area contributed by atoms with Crippen LogP contribution in [0.4, 0.5) is 0 Å². The molecule has 0 saturated heterocycles. The molecule has 0 aliphatic rings. The van der Waals surface area contributed by atoms with Crippen molar-refractivity contribution in [2.24, 2.45) is 5.92 Å². The average Bonchev–Trinajstić information content (AvgIpc) is 1.82. The first-order valence-electron chi connectivity index (χ1n) is 3.32. The monoisotopic (exact) mass is 144 g/mol. The number of carbonyl (C=O) groups excluding carboxylic acids is 1. The lowest BCUT2D eigenvalue weighted by Crippen LogP contribution is -2.03. The van der Waals surface area contributed by atoms with Crippen molar-refractivity contribution in [2.75, 3.05) is 0 Å². The third-order valence-corrected chi connectivity index (χ3v) is 1.30. The van der Waals surface area contributed by atoms with Gasteiger partial charge < -0.3 is 9.90 Å². The van der Waals surface area contributed by atoms with Crippen LogP contribution in [-0.2, 0) is 9.59 Å². The smallest absolute Gasteiger partial charge is 0.303 e. The fourth-order valence-corrected chi connectivity index (χ4v) is 0.753. The van der Waals surface area contributed by atoms with Gasteiger partial charge in [0.2, 0.25) is 0 Å². The Kier molecular flexibility index (Phi) is 4.54. The van der Waals surface area contributed by atoms with E-state index < -0.39 is 5.97 Å². The van der Waals surface area contributed by atoms with Crippen LogP contribution in [0, 0.1) is 5.92 Å². The van der Waals surface area contributed by atoms with Crippen molar-refractivity contribution in [3.63, 3.8) is 0 Å². The van der Waals surface area contributed by atoms with E-state index in [1.165, 1.54) is 0 Å². The lowest BCUT2D eigenvalue weighted by atomic mass is 10.0. The number of carboxylic acids is 1. The number of carboxylic acid groups (broad SMARTS) is 1. The Bertz CT molecular complexity index is 120. The minimum Gasteiger partial charge on any atom is -0.481 e. The first kappa shape index (κ1) is 9.14. The molecule has 1 N–H and O–H groups in total. The van der Waals surface area contributed by atoms with Gasteiger partial charge in [0.05, 0.1) is 0 Å². The van der Waals surface area contributed by atoms with Crippen molar-refractivity contribution in [3.05, 3.63) is 0 Å². The number of hydrogen-bond acceptors (Lipinski definition) is 2. The lowest BCUT2D eigenvalue weighted by Gasteiger charge is -2.03. The fraction of sp³-hybridized carbons (Fsp3) is 0.714. The van der Waals surface area contributed by atoms with E-state index in [2.05, 4.69) is 0 Å².